The van der Waals surface area contributed by atoms with Crippen LogP contribution in [0.15, 0.2) is 36.4 Å². The molecule has 0 amide bonds. The fourth-order valence-electron chi connectivity index (χ4n) is 2.48. The van der Waals surface area contributed by atoms with Gasteiger partial charge < -0.3 is 10.0 Å². The van der Waals surface area contributed by atoms with Crippen LogP contribution in [0, 0.1) is 0 Å². The minimum absolute atomic E-state index is 0.710. The molecule has 106 valence electrons. The third-order valence-electron chi connectivity index (χ3n) is 3.62. The molecule has 0 unspecified atom stereocenters. The van der Waals surface area contributed by atoms with E-state index in [1.54, 1.807) is 0 Å². The number of hydrogen-bond acceptors (Lipinski definition) is 2. The van der Waals surface area contributed by atoms with Crippen LogP contribution in [-0.4, -0.2) is 0 Å². The zero-order chi connectivity index (χ0) is 14.5. The number of hydrogen-bond donors (Lipinski definition) is 1. The zero-order valence-electron chi connectivity index (χ0n) is 11.9. The van der Waals surface area contributed by atoms with Crippen molar-refractivity contribution in [1.82, 2.24) is 0 Å². The number of rotatable bonds is 5. The highest BCUT2D eigenvalue weighted by molar-refractivity contribution is 6.09. The summed E-state index contributed by atoms with van der Waals surface area (Å²) >= 11 is 5.52. The molecule has 0 saturated carbocycles. The molecule has 0 radical (unpaired) electrons. The number of para-hydroxylation sites is 1. The van der Waals surface area contributed by atoms with E-state index in [2.05, 4.69) is 26.0 Å². The minimum Gasteiger partial charge on any atom is -0.398 e. The summed E-state index contributed by atoms with van der Waals surface area (Å²) in [6.07, 6.45) is 2.68. The van der Waals surface area contributed by atoms with Gasteiger partial charge in [0.05, 0.1) is 0 Å². The molecule has 2 nitrogen and oxygen atoms in total. The van der Waals surface area contributed by atoms with Crippen molar-refractivity contribution in [3.8, 4) is 5.75 Å². The SMILES string of the molecule is CCc1cc(Cc2ccccc2OCl)cc(CC)c1N. The maximum absolute atomic E-state index is 6.18. The first-order valence-electron chi connectivity index (χ1n) is 6.96. The minimum atomic E-state index is 0.710. The summed E-state index contributed by atoms with van der Waals surface area (Å²) in [5.41, 5.74) is 11.9. The van der Waals surface area contributed by atoms with Crippen LogP contribution in [-0.2, 0) is 19.3 Å². The summed E-state index contributed by atoms with van der Waals surface area (Å²) in [7, 11) is 0. The number of aryl methyl sites for hydroxylation is 2. The van der Waals surface area contributed by atoms with Gasteiger partial charge in [0.1, 0.15) is 17.6 Å². The Morgan fingerprint density at radius 1 is 1.00 bits per heavy atom. The molecule has 0 spiro atoms. The predicted octanol–water partition coefficient (Wildman–Crippen LogP) is 4.52. The molecule has 0 saturated heterocycles. The lowest BCUT2D eigenvalue weighted by molar-refractivity contribution is 0.610. The summed E-state index contributed by atoms with van der Waals surface area (Å²) < 4.78 is 4.90. The van der Waals surface area contributed by atoms with Crippen LogP contribution >= 0.6 is 11.9 Å². The molecular weight excluding hydrogens is 270 g/mol. The maximum Gasteiger partial charge on any atom is 0.149 e. The van der Waals surface area contributed by atoms with Crippen LogP contribution in [0.3, 0.4) is 0 Å². The molecule has 0 aliphatic carbocycles. The van der Waals surface area contributed by atoms with Gasteiger partial charge in [-0.1, -0.05) is 44.2 Å². The molecule has 2 aromatic rings. The largest absolute Gasteiger partial charge is 0.398 e. The molecular formula is C17H20ClNO. The monoisotopic (exact) mass is 289 g/mol. The molecule has 2 N–H and O–H groups in total. The van der Waals surface area contributed by atoms with Crippen LogP contribution in [0.2, 0.25) is 0 Å². The van der Waals surface area contributed by atoms with Gasteiger partial charge in [-0.05, 0) is 35.6 Å². The van der Waals surface area contributed by atoms with Crippen LogP contribution in [0.5, 0.6) is 5.75 Å². The Labute approximate surface area is 125 Å². The highest BCUT2D eigenvalue weighted by Crippen LogP contribution is 2.26. The van der Waals surface area contributed by atoms with Crippen molar-refractivity contribution in [1.29, 1.82) is 0 Å². The number of benzene rings is 2. The van der Waals surface area contributed by atoms with Gasteiger partial charge >= 0.3 is 0 Å². The van der Waals surface area contributed by atoms with Gasteiger partial charge in [0, 0.05) is 17.7 Å². The first-order valence-corrected chi connectivity index (χ1v) is 7.27. The van der Waals surface area contributed by atoms with Crippen molar-refractivity contribution in [2.45, 2.75) is 33.1 Å². The summed E-state index contributed by atoms with van der Waals surface area (Å²) in [5, 5.41) is 0. The smallest absolute Gasteiger partial charge is 0.149 e. The number of nitrogens with two attached hydrogens (primary N) is 1. The van der Waals surface area contributed by atoms with Gasteiger partial charge in [-0.15, -0.1) is 0 Å². The van der Waals surface area contributed by atoms with E-state index in [1.165, 1.54) is 16.7 Å². The van der Waals surface area contributed by atoms with E-state index in [9.17, 15) is 0 Å². The topological polar surface area (TPSA) is 35.2 Å². The summed E-state index contributed by atoms with van der Waals surface area (Å²) in [4.78, 5) is 0. The van der Waals surface area contributed by atoms with E-state index >= 15 is 0 Å². The molecule has 0 aliphatic heterocycles. The molecule has 2 aromatic carbocycles. The number of anilines is 1. The van der Waals surface area contributed by atoms with Crippen molar-refractivity contribution in [2.24, 2.45) is 0 Å². The first-order chi connectivity index (χ1) is 9.69. The molecule has 0 heterocycles. The Morgan fingerprint density at radius 2 is 1.60 bits per heavy atom. The maximum atomic E-state index is 6.18. The van der Waals surface area contributed by atoms with Gasteiger partial charge in [-0.2, -0.15) is 0 Å². The van der Waals surface area contributed by atoms with Crippen LogP contribution < -0.4 is 10.0 Å². The molecule has 20 heavy (non-hydrogen) atoms. The Bertz CT molecular complexity index is 570. The van der Waals surface area contributed by atoms with E-state index in [0.717, 1.165) is 30.5 Å². The van der Waals surface area contributed by atoms with Crippen molar-refractivity contribution in [3.05, 3.63) is 58.7 Å². The van der Waals surface area contributed by atoms with Crippen LogP contribution in [0.1, 0.15) is 36.1 Å². The molecule has 2 rings (SSSR count). The highest BCUT2D eigenvalue weighted by Gasteiger charge is 2.09. The Balaban J connectivity index is 2.38. The molecule has 0 aliphatic rings. The summed E-state index contributed by atoms with van der Waals surface area (Å²) in [6.45, 7) is 4.26. The summed E-state index contributed by atoms with van der Waals surface area (Å²) in [6, 6.07) is 12.2. The number of halogens is 1. The Kier molecular flexibility index (Phi) is 4.91. The Hall–Kier alpha value is -1.67. The number of nitrogen functional groups attached to an aromatic ring is 1. The van der Waals surface area contributed by atoms with Gasteiger partial charge in [0.2, 0.25) is 0 Å². The van der Waals surface area contributed by atoms with Crippen molar-refractivity contribution >= 4 is 17.6 Å². The summed E-state index contributed by atoms with van der Waals surface area (Å²) in [5.74, 6) is 0.710. The average molecular weight is 290 g/mol. The lowest BCUT2D eigenvalue weighted by atomic mass is 9.95. The molecule has 0 atom stereocenters. The van der Waals surface area contributed by atoms with Gasteiger partial charge in [-0.25, -0.2) is 0 Å². The van der Waals surface area contributed by atoms with Crippen molar-refractivity contribution in [3.63, 3.8) is 0 Å². The second kappa shape index (κ2) is 6.67. The normalized spacial score (nSPS) is 10.6. The molecule has 3 heteroatoms. The van der Waals surface area contributed by atoms with E-state index in [4.69, 9.17) is 21.9 Å². The fraction of sp³-hybridized carbons (Fsp3) is 0.294. The second-order valence-corrected chi connectivity index (χ2v) is 5.05. The Morgan fingerprint density at radius 3 is 2.15 bits per heavy atom. The van der Waals surface area contributed by atoms with E-state index in [-0.39, 0.29) is 0 Å². The lowest BCUT2D eigenvalue weighted by Gasteiger charge is -2.13. The predicted molar refractivity (Wildman–Crippen MR) is 85.3 cm³/mol. The first kappa shape index (κ1) is 14.7. The lowest BCUT2D eigenvalue weighted by Crippen LogP contribution is -2.02. The fourth-order valence-corrected chi connectivity index (χ4v) is 2.63. The van der Waals surface area contributed by atoms with Crippen molar-refractivity contribution in [2.75, 3.05) is 5.73 Å². The molecule has 0 fully saturated rings. The third-order valence-corrected chi connectivity index (χ3v) is 3.79. The quantitative estimate of drug-likeness (QED) is 0.822. The van der Waals surface area contributed by atoms with Gasteiger partial charge in [-0.3, -0.25) is 0 Å². The standard InChI is InChI=1S/C17H20ClNO/c1-3-13-9-12(10-14(4-2)17(13)19)11-15-7-5-6-8-16(15)20-18/h5-10H,3-4,11,19H2,1-2H3. The zero-order valence-corrected chi connectivity index (χ0v) is 12.7. The average Bonchev–Trinajstić information content (AvgIpc) is 2.49. The van der Waals surface area contributed by atoms with E-state index in [0.29, 0.717) is 5.75 Å². The third kappa shape index (κ3) is 3.07. The van der Waals surface area contributed by atoms with Gasteiger partial charge in [0.25, 0.3) is 0 Å². The van der Waals surface area contributed by atoms with E-state index < -0.39 is 0 Å². The highest BCUT2D eigenvalue weighted by atomic mass is 35.5. The van der Waals surface area contributed by atoms with Crippen LogP contribution in [0.25, 0.3) is 0 Å². The van der Waals surface area contributed by atoms with Crippen molar-refractivity contribution < 1.29 is 4.29 Å². The molecule has 0 bridgehead atoms. The second-order valence-electron chi connectivity index (χ2n) is 4.90. The van der Waals surface area contributed by atoms with Crippen LogP contribution in [0.4, 0.5) is 5.69 Å². The van der Waals surface area contributed by atoms with Gasteiger partial charge in [0.15, 0.2) is 0 Å². The van der Waals surface area contributed by atoms with E-state index in [1.807, 2.05) is 24.3 Å². The molecule has 0 aromatic heterocycles.